The number of hydrogen-bond acceptors (Lipinski definition) is 2. The van der Waals surface area contributed by atoms with Gasteiger partial charge >= 0.3 is 0 Å². The Hall–Kier alpha value is -1.80. The Morgan fingerprint density at radius 3 is 2.43 bits per heavy atom. The fourth-order valence-corrected chi connectivity index (χ4v) is 2.30. The number of rotatable bonds is 6. The van der Waals surface area contributed by atoms with Crippen molar-refractivity contribution in [1.29, 1.82) is 0 Å². The summed E-state index contributed by atoms with van der Waals surface area (Å²) in [6.07, 6.45) is 2.03. The molecular formula is C19H25NO. The first kappa shape index (κ1) is 15.6. The summed E-state index contributed by atoms with van der Waals surface area (Å²) in [6.45, 7) is 7.18. The number of ether oxygens (including phenoxy) is 1. The van der Waals surface area contributed by atoms with Gasteiger partial charge in [-0.25, -0.2) is 0 Å². The highest BCUT2D eigenvalue weighted by molar-refractivity contribution is 5.41. The van der Waals surface area contributed by atoms with Gasteiger partial charge in [0.15, 0.2) is 0 Å². The highest BCUT2D eigenvalue weighted by atomic mass is 16.5. The number of hydrogen-bond donors (Lipinski definition) is 1. The lowest BCUT2D eigenvalue weighted by Crippen LogP contribution is -2.03. The van der Waals surface area contributed by atoms with Crippen molar-refractivity contribution in [2.45, 2.75) is 39.5 Å². The maximum Gasteiger partial charge on any atom is 0.130 e. The average Bonchev–Trinajstić information content (AvgIpc) is 2.51. The molecule has 0 amide bonds. The molecule has 2 heteroatoms. The molecule has 21 heavy (non-hydrogen) atoms. The molecule has 0 heterocycles. The summed E-state index contributed by atoms with van der Waals surface area (Å²) in [5, 5.41) is 0. The van der Waals surface area contributed by atoms with Gasteiger partial charge in [-0.2, -0.15) is 0 Å². The minimum atomic E-state index is 0.591. The second-order valence-corrected chi connectivity index (χ2v) is 5.62. The predicted octanol–water partition coefficient (Wildman–Crippen LogP) is 4.80. The minimum Gasteiger partial charge on any atom is -0.457 e. The third-order valence-electron chi connectivity index (χ3n) is 3.97. The zero-order chi connectivity index (χ0) is 15.2. The van der Waals surface area contributed by atoms with Crippen LogP contribution in [-0.2, 0) is 6.42 Å². The molecule has 2 rings (SSSR count). The molecule has 0 bridgehead atoms. The Morgan fingerprint density at radius 2 is 1.81 bits per heavy atom. The van der Waals surface area contributed by atoms with E-state index in [2.05, 4.69) is 63.2 Å². The van der Waals surface area contributed by atoms with Crippen molar-refractivity contribution < 1.29 is 4.74 Å². The molecule has 0 radical (unpaired) electrons. The van der Waals surface area contributed by atoms with Gasteiger partial charge in [0.1, 0.15) is 11.5 Å². The predicted molar refractivity (Wildman–Crippen MR) is 89.2 cm³/mol. The van der Waals surface area contributed by atoms with Gasteiger partial charge in [0.05, 0.1) is 0 Å². The summed E-state index contributed by atoms with van der Waals surface area (Å²) in [5.41, 5.74) is 9.34. The van der Waals surface area contributed by atoms with E-state index in [4.69, 9.17) is 10.5 Å². The van der Waals surface area contributed by atoms with E-state index in [1.54, 1.807) is 0 Å². The fourth-order valence-electron chi connectivity index (χ4n) is 2.30. The molecule has 1 unspecified atom stereocenters. The van der Waals surface area contributed by atoms with Crippen LogP contribution in [-0.4, -0.2) is 6.54 Å². The molecule has 1 atom stereocenters. The fraction of sp³-hybridized carbons (Fsp3) is 0.368. The van der Waals surface area contributed by atoms with Crippen molar-refractivity contribution in [2.24, 2.45) is 5.73 Å². The Morgan fingerprint density at radius 1 is 1.10 bits per heavy atom. The maximum absolute atomic E-state index is 6.02. The van der Waals surface area contributed by atoms with Crippen molar-refractivity contribution in [3.8, 4) is 11.5 Å². The van der Waals surface area contributed by atoms with Crippen LogP contribution in [0.3, 0.4) is 0 Å². The summed E-state index contributed by atoms with van der Waals surface area (Å²) in [6, 6.07) is 14.7. The molecule has 0 spiro atoms. The molecule has 0 fully saturated rings. The van der Waals surface area contributed by atoms with Crippen molar-refractivity contribution in [3.63, 3.8) is 0 Å². The van der Waals surface area contributed by atoms with Crippen LogP contribution in [0.5, 0.6) is 11.5 Å². The van der Waals surface area contributed by atoms with Gasteiger partial charge < -0.3 is 10.5 Å². The van der Waals surface area contributed by atoms with E-state index in [1.165, 1.54) is 11.1 Å². The molecule has 0 aliphatic carbocycles. The smallest absolute Gasteiger partial charge is 0.130 e. The molecule has 0 saturated heterocycles. The maximum atomic E-state index is 6.02. The molecular weight excluding hydrogens is 258 g/mol. The first-order chi connectivity index (χ1) is 10.1. The van der Waals surface area contributed by atoms with Gasteiger partial charge in [0.2, 0.25) is 0 Å². The van der Waals surface area contributed by atoms with Crippen molar-refractivity contribution >= 4 is 0 Å². The van der Waals surface area contributed by atoms with Gasteiger partial charge in [-0.05, 0) is 67.1 Å². The van der Waals surface area contributed by atoms with Crippen LogP contribution in [0.1, 0.15) is 42.9 Å². The molecule has 0 aliphatic rings. The van der Waals surface area contributed by atoms with E-state index >= 15 is 0 Å². The van der Waals surface area contributed by atoms with Crippen LogP contribution in [0.2, 0.25) is 0 Å². The highest BCUT2D eigenvalue weighted by Crippen LogP contribution is 2.28. The first-order valence-corrected chi connectivity index (χ1v) is 7.71. The third-order valence-corrected chi connectivity index (χ3v) is 3.97. The molecule has 0 saturated carbocycles. The Labute approximate surface area is 127 Å². The lowest BCUT2D eigenvalue weighted by Gasteiger charge is -2.13. The Bertz CT molecular complexity index is 575. The van der Waals surface area contributed by atoms with E-state index in [1.807, 2.05) is 0 Å². The number of nitrogens with two attached hydrogens (primary N) is 1. The standard InChI is InChI=1S/C19H25NO/c1-4-14(2)17-7-9-18(10-8-17)21-19-13-16(11-12-20)6-5-15(19)3/h5-10,13-14H,4,11-12,20H2,1-3H3. The van der Waals surface area contributed by atoms with Gasteiger partial charge in [0.25, 0.3) is 0 Å². The largest absolute Gasteiger partial charge is 0.457 e. The number of aryl methyl sites for hydroxylation is 1. The van der Waals surface area contributed by atoms with Gasteiger partial charge in [-0.15, -0.1) is 0 Å². The van der Waals surface area contributed by atoms with Crippen molar-refractivity contribution in [2.75, 3.05) is 6.54 Å². The molecule has 0 aliphatic heterocycles. The van der Waals surface area contributed by atoms with Crippen LogP contribution >= 0.6 is 0 Å². The topological polar surface area (TPSA) is 35.2 Å². The Kier molecular flexibility index (Phi) is 5.40. The molecule has 2 aromatic carbocycles. The normalized spacial score (nSPS) is 12.2. The Balaban J connectivity index is 2.15. The van der Waals surface area contributed by atoms with Crippen LogP contribution in [0.25, 0.3) is 0 Å². The van der Waals surface area contributed by atoms with Crippen molar-refractivity contribution in [1.82, 2.24) is 0 Å². The van der Waals surface area contributed by atoms with E-state index in [-0.39, 0.29) is 0 Å². The third kappa shape index (κ3) is 4.08. The van der Waals surface area contributed by atoms with Gasteiger partial charge in [0, 0.05) is 0 Å². The van der Waals surface area contributed by atoms with E-state index in [0.717, 1.165) is 29.9 Å². The zero-order valence-electron chi connectivity index (χ0n) is 13.2. The highest BCUT2D eigenvalue weighted by Gasteiger charge is 2.06. The van der Waals surface area contributed by atoms with E-state index in [0.29, 0.717) is 12.5 Å². The second kappa shape index (κ2) is 7.28. The lowest BCUT2D eigenvalue weighted by molar-refractivity contribution is 0.477. The summed E-state index contributed by atoms with van der Waals surface area (Å²) in [7, 11) is 0. The first-order valence-electron chi connectivity index (χ1n) is 7.71. The molecule has 2 nitrogen and oxygen atoms in total. The SMILES string of the molecule is CCC(C)c1ccc(Oc2cc(CCN)ccc2C)cc1. The summed E-state index contributed by atoms with van der Waals surface area (Å²) in [5.74, 6) is 2.39. The minimum absolute atomic E-state index is 0.591. The molecule has 112 valence electrons. The number of benzene rings is 2. The lowest BCUT2D eigenvalue weighted by atomic mass is 9.99. The van der Waals surface area contributed by atoms with Crippen molar-refractivity contribution in [3.05, 3.63) is 59.2 Å². The van der Waals surface area contributed by atoms with Crippen LogP contribution in [0.15, 0.2) is 42.5 Å². The monoisotopic (exact) mass is 283 g/mol. The van der Waals surface area contributed by atoms with Gasteiger partial charge in [-0.1, -0.05) is 38.1 Å². The van der Waals surface area contributed by atoms with Gasteiger partial charge in [-0.3, -0.25) is 0 Å². The molecule has 2 aromatic rings. The van der Waals surface area contributed by atoms with Crippen LogP contribution in [0.4, 0.5) is 0 Å². The van der Waals surface area contributed by atoms with E-state index < -0.39 is 0 Å². The summed E-state index contributed by atoms with van der Waals surface area (Å²) >= 11 is 0. The second-order valence-electron chi connectivity index (χ2n) is 5.62. The van der Waals surface area contributed by atoms with Crippen LogP contribution in [0, 0.1) is 6.92 Å². The summed E-state index contributed by atoms with van der Waals surface area (Å²) in [4.78, 5) is 0. The average molecular weight is 283 g/mol. The molecule has 2 N–H and O–H groups in total. The quantitative estimate of drug-likeness (QED) is 0.826. The molecule has 0 aromatic heterocycles. The van der Waals surface area contributed by atoms with E-state index in [9.17, 15) is 0 Å². The zero-order valence-corrected chi connectivity index (χ0v) is 13.2. The summed E-state index contributed by atoms with van der Waals surface area (Å²) < 4.78 is 6.02. The van der Waals surface area contributed by atoms with Crippen LogP contribution < -0.4 is 10.5 Å².